The predicted molar refractivity (Wildman–Crippen MR) is 99.0 cm³/mol. The van der Waals surface area contributed by atoms with Gasteiger partial charge in [0.15, 0.2) is 0 Å². The van der Waals surface area contributed by atoms with E-state index in [2.05, 4.69) is 10.2 Å². The van der Waals surface area contributed by atoms with Crippen molar-refractivity contribution in [3.63, 3.8) is 0 Å². The fourth-order valence-electron chi connectivity index (χ4n) is 2.85. The average molecular weight is 396 g/mol. The Morgan fingerprint density at radius 1 is 1.17 bits per heavy atom. The molecule has 23 heavy (non-hydrogen) atoms. The molecule has 0 aliphatic carbocycles. The van der Waals surface area contributed by atoms with Crippen LogP contribution in [-0.4, -0.2) is 31.1 Å². The van der Waals surface area contributed by atoms with Crippen LogP contribution in [0.25, 0.3) is 0 Å². The summed E-state index contributed by atoms with van der Waals surface area (Å²) in [5, 5.41) is 3.80. The lowest BCUT2D eigenvalue weighted by Crippen LogP contribution is -2.45. The highest BCUT2D eigenvalue weighted by molar-refractivity contribution is 7.16. The van der Waals surface area contributed by atoms with E-state index >= 15 is 0 Å². The van der Waals surface area contributed by atoms with E-state index in [1.54, 1.807) is 19.1 Å². The van der Waals surface area contributed by atoms with Crippen LogP contribution in [0.1, 0.15) is 22.0 Å². The number of benzene rings is 1. The van der Waals surface area contributed by atoms with Crippen molar-refractivity contribution in [3.05, 3.63) is 55.4 Å². The summed E-state index contributed by atoms with van der Waals surface area (Å²) in [5.74, 6) is -0.222. The molecule has 0 saturated carbocycles. The van der Waals surface area contributed by atoms with E-state index in [9.17, 15) is 4.39 Å². The summed E-state index contributed by atoms with van der Waals surface area (Å²) >= 11 is 13.9. The zero-order chi connectivity index (χ0) is 15.7. The molecule has 0 spiro atoms. The van der Waals surface area contributed by atoms with Crippen molar-refractivity contribution in [1.82, 2.24) is 10.2 Å². The monoisotopic (exact) mass is 394 g/mol. The molecule has 1 N–H and O–H groups in total. The molecule has 2 nitrogen and oxygen atoms in total. The summed E-state index contributed by atoms with van der Waals surface area (Å²) in [4.78, 5) is 3.29. The molecule has 2 heterocycles. The number of hydrogen-bond acceptors (Lipinski definition) is 3. The summed E-state index contributed by atoms with van der Waals surface area (Å²) in [5.41, 5.74) is 1.17. The van der Waals surface area contributed by atoms with Gasteiger partial charge in [0.25, 0.3) is 0 Å². The third kappa shape index (κ3) is 4.01. The van der Waals surface area contributed by atoms with Crippen LogP contribution in [0.2, 0.25) is 9.36 Å². The Morgan fingerprint density at radius 3 is 2.48 bits per heavy atom. The highest BCUT2D eigenvalue weighted by Gasteiger charge is 2.30. The molecule has 2 aromatic rings. The van der Waals surface area contributed by atoms with Crippen LogP contribution in [0, 0.1) is 12.7 Å². The van der Waals surface area contributed by atoms with Gasteiger partial charge in [-0.25, -0.2) is 4.39 Å². The van der Waals surface area contributed by atoms with Crippen molar-refractivity contribution in [2.45, 2.75) is 13.0 Å². The summed E-state index contributed by atoms with van der Waals surface area (Å²) in [7, 11) is 0. The van der Waals surface area contributed by atoms with Crippen molar-refractivity contribution in [1.29, 1.82) is 0 Å². The van der Waals surface area contributed by atoms with E-state index in [1.165, 1.54) is 11.3 Å². The fourth-order valence-corrected chi connectivity index (χ4v) is 4.30. The average Bonchev–Trinajstić information content (AvgIpc) is 2.94. The van der Waals surface area contributed by atoms with Crippen molar-refractivity contribution in [2.24, 2.45) is 0 Å². The first-order valence-corrected chi connectivity index (χ1v) is 8.79. The molecule has 1 aliphatic heterocycles. The summed E-state index contributed by atoms with van der Waals surface area (Å²) in [6.07, 6.45) is 0. The van der Waals surface area contributed by atoms with Gasteiger partial charge in [-0.1, -0.05) is 29.3 Å². The maximum atomic E-state index is 14.8. The molecule has 7 heteroatoms. The van der Waals surface area contributed by atoms with Crippen LogP contribution < -0.4 is 5.32 Å². The molecular weight excluding hydrogens is 378 g/mol. The molecular formula is C16H18Cl3FN2S. The molecule has 1 fully saturated rings. The Hall–Kier alpha value is -0.360. The third-order valence-corrected chi connectivity index (χ3v) is 5.59. The number of thiophene rings is 1. The van der Waals surface area contributed by atoms with Crippen molar-refractivity contribution in [2.75, 3.05) is 26.2 Å². The smallest absolute Gasteiger partial charge is 0.132 e. The van der Waals surface area contributed by atoms with Crippen molar-refractivity contribution < 1.29 is 4.39 Å². The quantitative estimate of drug-likeness (QED) is 0.793. The molecule has 1 aromatic heterocycles. The first kappa shape index (κ1) is 19.0. The first-order chi connectivity index (χ1) is 10.6. The number of piperazine rings is 1. The molecule has 0 bridgehead atoms. The lowest BCUT2D eigenvalue weighted by Gasteiger charge is -2.35. The second-order valence-electron chi connectivity index (χ2n) is 5.42. The largest absolute Gasteiger partial charge is 0.314 e. The van der Waals surface area contributed by atoms with Crippen molar-refractivity contribution in [3.8, 4) is 0 Å². The van der Waals surface area contributed by atoms with Gasteiger partial charge < -0.3 is 5.32 Å². The number of nitrogens with zero attached hydrogens (tertiary/aromatic N) is 1. The van der Waals surface area contributed by atoms with E-state index in [0.717, 1.165) is 31.1 Å². The Balaban J connectivity index is 0.00000192. The lowest BCUT2D eigenvalue weighted by atomic mass is 9.99. The summed E-state index contributed by atoms with van der Waals surface area (Å²) < 4.78 is 15.5. The maximum Gasteiger partial charge on any atom is 0.132 e. The van der Waals surface area contributed by atoms with Gasteiger partial charge in [-0.2, -0.15) is 0 Å². The second-order valence-corrected chi connectivity index (χ2v) is 7.58. The zero-order valence-corrected chi connectivity index (χ0v) is 15.8. The van der Waals surface area contributed by atoms with Gasteiger partial charge in [0.05, 0.1) is 10.4 Å². The standard InChI is InChI=1S/C16H17Cl2FN2S.ClH/c1-10-2-3-11(17)14(15(10)19)16(12-4-5-13(18)22-12)21-8-6-20-7-9-21;/h2-5,16,20H,6-9H2,1H3;1H/t16-;/m0./s1. The zero-order valence-electron chi connectivity index (χ0n) is 12.6. The molecule has 0 unspecified atom stereocenters. The number of halogens is 4. The Bertz CT molecular complexity index is 671. The van der Waals surface area contributed by atoms with Crippen LogP contribution in [-0.2, 0) is 0 Å². The highest BCUT2D eigenvalue weighted by Crippen LogP contribution is 2.40. The molecule has 1 saturated heterocycles. The van der Waals surface area contributed by atoms with E-state index in [4.69, 9.17) is 23.2 Å². The highest BCUT2D eigenvalue weighted by atomic mass is 35.5. The van der Waals surface area contributed by atoms with Crippen LogP contribution >= 0.6 is 46.9 Å². The lowest BCUT2D eigenvalue weighted by molar-refractivity contribution is 0.197. The molecule has 1 aliphatic rings. The predicted octanol–water partition coefficient (Wildman–Crippen LogP) is 4.92. The van der Waals surface area contributed by atoms with E-state index in [0.29, 0.717) is 20.5 Å². The van der Waals surface area contributed by atoms with Crippen molar-refractivity contribution >= 4 is 46.9 Å². The second kappa shape index (κ2) is 8.15. The minimum Gasteiger partial charge on any atom is -0.314 e. The normalized spacial score (nSPS) is 16.9. The third-order valence-electron chi connectivity index (χ3n) is 3.97. The number of rotatable bonds is 3. The van der Waals surface area contributed by atoms with Gasteiger partial charge >= 0.3 is 0 Å². The molecule has 3 rings (SSSR count). The first-order valence-electron chi connectivity index (χ1n) is 7.22. The van der Waals surface area contributed by atoms with Crippen LogP contribution in [0.15, 0.2) is 24.3 Å². The Kier molecular flexibility index (Phi) is 6.72. The van der Waals surface area contributed by atoms with E-state index in [1.807, 2.05) is 12.1 Å². The molecule has 1 aromatic carbocycles. The van der Waals surface area contributed by atoms with Gasteiger partial charge in [-0.15, -0.1) is 23.7 Å². The van der Waals surface area contributed by atoms with Crippen LogP contribution in [0.4, 0.5) is 4.39 Å². The molecule has 0 amide bonds. The van der Waals surface area contributed by atoms with Crippen LogP contribution in [0.5, 0.6) is 0 Å². The summed E-state index contributed by atoms with van der Waals surface area (Å²) in [6.45, 7) is 5.25. The van der Waals surface area contributed by atoms with Gasteiger partial charge in [0.1, 0.15) is 5.82 Å². The molecule has 0 radical (unpaired) electrons. The van der Waals surface area contributed by atoms with E-state index in [-0.39, 0.29) is 24.3 Å². The Morgan fingerprint density at radius 2 is 1.87 bits per heavy atom. The van der Waals surface area contributed by atoms with Gasteiger partial charge in [0, 0.05) is 41.6 Å². The summed E-state index contributed by atoms with van der Waals surface area (Å²) in [6, 6.07) is 7.14. The minimum atomic E-state index is -0.222. The maximum absolute atomic E-state index is 14.8. The van der Waals surface area contributed by atoms with Crippen LogP contribution in [0.3, 0.4) is 0 Å². The SMILES string of the molecule is Cc1ccc(Cl)c([C@H](c2ccc(Cl)s2)N2CCNCC2)c1F.Cl. The fraction of sp³-hybridized carbons (Fsp3) is 0.375. The topological polar surface area (TPSA) is 15.3 Å². The minimum absolute atomic E-state index is 0. The number of aryl methyl sites for hydroxylation is 1. The molecule has 1 atom stereocenters. The van der Waals surface area contributed by atoms with Gasteiger partial charge in [-0.05, 0) is 30.7 Å². The van der Waals surface area contributed by atoms with E-state index < -0.39 is 0 Å². The number of hydrogen-bond donors (Lipinski definition) is 1. The van der Waals surface area contributed by atoms with Gasteiger partial charge in [0.2, 0.25) is 0 Å². The Labute approximate surface area is 156 Å². The molecule has 126 valence electrons. The number of nitrogens with one attached hydrogen (secondary N) is 1. The van der Waals surface area contributed by atoms with Gasteiger partial charge in [-0.3, -0.25) is 4.90 Å².